The van der Waals surface area contributed by atoms with Gasteiger partial charge in [-0.05, 0) is 110 Å². The quantitative estimate of drug-likeness (QED) is 0.262. The molecule has 0 aromatic heterocycles. The first-order valence-electron chi connectivity index (χ1n) is 16.3. The Labute approximate surface area is 281 Å². The molecule has 226 valence electrons. The molecule has 2 aromatic carbocycles. The Balaban J connectivity index is 0.00000118. The van der Waals surface area contributed by atoms with E-state index < -0.39 is 17.0 Å². The summed E-state index contributed by atoms with van der Waals surface area (Å²) in [4.78, 5) is 0. The first-order chi connectivity index (χ1) is 20.7. The predicted molar refractivity (Wildman–Crippen MR) is 180 cm³/mol. The zero-order valence-corrected chi connectivity index (χ0v) is 29.6. The van der Waals surface area contributed by atoms with E-state index in [1.165, 1.54) is 99.0 Å². The number of hydrogen-bond acceptors (Lipinski definition) is 0. The molecule has 4 aliphatic rings. The predicted octanol–water partition coefficient (Wildman–Crippen LogP) is 11.8. The van der Waals surface area contributed by atoms with Crippen LogP contribution in [0.25, 0.3) is 0 Å². The van der Waals surface area contributed by atoms with E-state index in [-0.39, 0.29) is 21.7 Å². The van der Waals surface area contributed by atoms with E-state index in [4.69, 9.17) is 18.6 Å². The summed E-state index contributed by atoms with van der Waals surface area (Å²) in [6.45, 7) is 9.90. The average Bonchev–Trinajstić information content (AvgIpc) is 3.76. The van der Waals surface area contributed by atoms with Gasteiger partial charge in [-0.3, -0.25) is 0 Å². The molecule has 0 atom stereocenters. The molecule has 43 heavy (non-hydrogen) atoms. The van der Waals surface area contributed by atoms with Crippen molar-refractivity contribution in [2.24, 2.45) is 10.8 Å². The van der Waals surface area contributed by atoms with Crippen LogP contribution in [0.2, 0.25) is 0 Å². The minimum absolute atomic E-state index is 0.00407. The van der Waals surface area contributed by atoms with Gasteiger partial charge < -0.3 is 0 Å². The molecule has 0 aliphatic heterocycles. The second kappa shape index (κ2) is 14.7. The van der Waals surface area contributed by atoms with Crippen LogP contribution < -0.4 is 0 Å². The third kappa shape index (κ3) is 6.76. The Hall–Kier alpha value is -0.266. The van der Waals surface area contributed by atoms with Crippen LogP contribution >= 0.6 is 18.6 Å². The van der Waals surface area contributed by atoms with Gasteiger partial charge in [0.1, 0.15) is 0 Å². The van der Waals surface area contributed by atoms with Gasteiger partial charge in [-0.15, -0.1) is 0 Å². The normalized spacial score (nSPS) is 24.0. The SMILES string of the molecule is CC(C)([C]1[CH][CH][C](C2(c3ccccc3)CCCCC2)[CH]1)C(C)(C)[C]1[CH][CH][C](C2(c3ccccc3)CCCCC2)[CH]1.[Cl][Ti][Cl]. The van der Waals surface area contributed by atoms with Crippen molar-refractivity contribution in [3.05, 3.63) is 134 Å². The molecule has 0 amide bonds. The first kappa shape index (κ1) is 34.1. The maximum absolute atomic E-state index is 4.89. The number of halogens is 2. The van der Waals surface area contributed by atoms with E-state index in [0.717, 1.165) is 0 Å². The molecular formula is C40H48Cl2Ti. The molecule has 4 fully saturated rings. The molecule has 0 nitrogen and oxygen atoms in total. The molecule has 6 rings (SSSR count). The van der Waals surface area contributed by atoms with Gasteiger partial charge in [0, 0.05) is 10.8 Å². The summed E-state index contributed by atoms with van der Waals surface area (Å²) in [5, 5.41) is 0. The van der Waals surface area contributed by atoms with Gasteiger partial charge in [-0.1, -0.05) is 127 Å². The topological polar surface area (TPSA) is 0 Å². The van der Waals surface area contributed by atoms with Crippen LogP contribution in [0.5, 0.6) is 0 Å². The summed E-state index contributed by atoms with van der Waals surface area (Å²) < 4.78 is 0. The van der Waals surface area contributed by atoms with E-state index in [2.05, 4.69) is 127 Å². The molecule has 2 aromatic rings. The monoisotopic (exact) mass is 646 g/mol. The summed E-state index contributed by atoms with van der Waals surface area (Å²) in [6.07, 6.45) is 28.1. The maximum atomic E-state index is 4.89. The number of rotatable bonds is 7. The third-order valence-corrected chi connectivity index (χ3v) is 11.7. The van der Waals surface area contributed by atoms with Crippen molar-refractivity contribution < 1.29 is 17.0 Å². The van der Waals surface area contributed by atoms with Gasteiger partial charge in [0.25, 0.3) is 0 Å². The summed E-state index contributed by atoms with van der Waals surface area (Å²) in [5.74, 6) is 6.02. The van der Waals surface area contributed by atoms with E-state index in [1.54, 1.807) is 0 Å². The summed E-state index contributed by atoms with van der Waals surface area (Å²) in [5.41, 5.74) is 3.32. The molecule has 0 saturated heterocycles. The second-order valence-corrected chi connectivity index (χ2v) is 16.7. The first-order valence-corrected chi connectivity index (χ1v) is 20.6. The standard InChI is InChI=1S/C40H48.2ClH.Ti/c1-37(2,33-21-23-35(29-33)39(25-13-7-14-26-39)31-17-9-5-10-18-31)38(3,4)34-22-24-36(30-34)40(27-15-8-16-28-40)32-19-11-6-12-20-32;;;/h5-6,9-12,17-24,29-30H,7-8,13-16,25-28H2,1-4H3;2*1H;/q;;;+2/p-2. The Kier molecular flexibility index (Phi) is 11.6. The second-order valence-electron chi connectivity index (χ2n) is 14.1. The van der Waals surface area contributed by atoms with Crippen LogP contribution in [0.1, 0.15) is 103 Å². The van der Waals surface area contributed by atoms with Crippen LogP contribution in [0, 0.1) is 73.0 Å². The molecule has 0 spiro atoms. The minimum atomic E-state index is -0.556. The fraction of sp³-hybridized carbons (Fsp3) is 0.450. The van der Waals surface area contributed by atoms with Gasteiger partial charge in [0.15, 0.2) is 0 Å². The van der Waals surface area contributed by atoms with Gasteiger partial charge in [-0.2, -0.15) is 0 Å². The van der Waals surface area contributed by atoms with Crippen molar-refractivity contribution in [1.82, 2.24) is 0 Å². The van der Waals surface area contributed by atoms with Crippen LogP contribution in [0.3, 0.4) is 0 Å². The third-order valence-electron chi connectivity index (χ3n) is 11.7. The van der Waals surface area contributed by atoms with Crippen molar-refractivity contribution in [2.45, 2.75) is 103 Å². The molecular weight excluding hydrogens is 599 g/mol. The zero-order chi connectivity index (χ0) is 30.6. The number of hydrogen-bond donors (Lipinski definition) is 0. The van der Waals surface area contributed by atoms with E-state index in [9.17, 15) is 0 Å². The Morgan fingerprint density at radius 1 is 0.512 bits per heavy atom. The van der Waals surface area contributed by atoms with Crippen LogP contribution in [-0.2, 0) is 27.9 Å². The van der Waals surface area contributed by atoms with Crippen molar-refractivity contribution in [1.29, 1.82) is 0 Å². The Morgan fingerprint density at radius 3 is 1.16 bits per heavy atom. The summed E-state index contributed by atoms with van der Waals surface area (Å²) in [6, 6.07) is 22.7. The van der Waals surface area contributed by atoms with E-state index >= 15 is 0 Å². The molecule has 4 saturated carbocycles. The van der Waals surface area contributed by atoms with Gasteiger partial charge in [0.05, 0.1) is 0 Å². The molecule has 3 heteroatoms. The van der Waals surface area contributed by atoms with E-state index in [0.29, 0.717) is 0 Å². The van der Waals surface area contributed by atoms with Gasteiger partial charge >= 0.3 is 35.6 Å². The van der Waals surface area contributed by atoms with Crippen LogP contribution in [0.4, 0.5) is 0 Å². The van der Waals surface area contributed by atoms with Crippen molar-refractivity contribution in [3.8, 4) is 0 Å². The summed E-state index contributed by atoms with van der Waals surface area (Å²) >= 11 is -0.556. The Morgan fingerprint density at radius 2 is 0.837 bits per heavy atom. The molecule has 4 aliphatic carbocycles. The van der Waals surface area contributed by atoms with Gasteiger partial charge in [-0.25, -0.2) is 0 Å². The molecule has 0 heterocycles. The zero-order valence-electron chi connectivity index (χ0n) is 26.6. The Bertz CT molecular complexity index is 1020. The molecule has 0 bridgehead atoms. The molecule has 0 unspecified atom stereocenters. The number of benzene rings is 2. The molecule has 0 N–H and O–H groups in total. The van der Waals surface area contributed by atoms with E-state index in [1.807, 2.05) is 0 Å². The van der Waals surface area contributed by atoms with Crippen LogP contribution in [0.15, 0.2) is 60.7 Å². The van der Waals surface area contributed by atoms with Crippen molar-refractivity contribution in [2.75, 3.05) is 0 Å². The average molecular weight is 648 g/mol. The van der Waals surface area contributed by atoms with Crippen molar-refractivity contribution in [3.63, 3.8) is 0 Å². The fourth-order valence-corrected chi connectivity index (χ4v) is 8.29. The molecule has 10 radical (unpaired) electrons. The van der Waals surface area contributed by atoms with Crippen LogP contribution in [-0.4, -0.2) is 0 Å². The van der Waals surface area contributed by atoms with Crippen molar-refractivity contribution >= 4 is 18.6 Å². The summed E-state index contributed by atoms with van der Waals surface area (Å²) in [7, 11) is 9.78. The fourth-order valence-electron chi connectivity index (χ4n) is 8.29. The van der Waals surface area contributed by atoms with Gasteiger partial charge in [0.2, 0.25) is 0 Å².